The molecule has 0 aliphatic heterocycles. The van der Waals surface area contributed by atoms with Crippen molar-refractivity contribution < 1.29 is 9.47 Å². The Morgan fingerprint density at radius 3 is 2.06 bits per heavy atom. The van der Waals surface area contributed by atoms with Crippen LogP contribution in [-0.2, 0) is 19.4 Å². The Balaban J connectivity index is 1.92. The molecule has 0 saturated heterocycles. The minimum absolute atomic E-state index is 0.0418. The highest BCUT2D eigenvalue weighted by molar-refractivity contribution is 5.91. The van der Waals surface area contributed by atoms with E-state index < -0.39 is 0 Å². The molecule has 4 rings (SSSR count). The maximum Gasteiger partial charge on any atom is 0.254 e. The second-order valence-electron chi connectivity index (χ2n) is 7.69. The van der Waals surface area contributed by atoms with E-state index in [-0.39, 0.29) is 5.56 Å². The van der Waals surface area contributed by atoms with Crippen LogP contribution in [-0.4, -0.2) is 18.8 Å². The molecule has 0 unspecified atom stereocenters. The molecule has 4 nitrogen and oxygen atoms in total. The number of methoxy groups -OCH3 is 2. The quantitative estimate of drug-likeness (QED) is 0.420. The molecule has 0 radical (unpaired) electrons. The molecule has 0 fully saturated rings. The van der Waals surface area contributed by atoms with E-state index in [0.717, 1.165) is 39.8 Å². The topological polar surface area (TPSA) is 40.5 Å². The van der Waals surface area contributed by atoms with Crippen LogP contribution in [0.15, 0.2) is 77.6 Å². The van der Waals surface area contributed by atoms with Gasteiger partial charge in [0.2, 0.25) is 0 Å². The summed E-state index contributed by atoms with van der Waals surface area (Å²) in [7, 11) is 3.28. The molecule has 1 aromatic heterocycles. The Morgan fingerprint density at radius 2 is 1.45 bits per heavy atom. The van der Waals surface area contributed by atoms with Gasteiger partial charge in [-0.05, 0) is 36.5 Å². The molecule has 0 aliphatic rings. The fourth-order valence-corrected chi connectivity index (χ4v) is 4.16. The van der Waals surface area contributed by atoms with Crippen molar-refractivity contribution in [2.24, 2.45) is 0 Å². The van der Waals surface area contributed by atoms with Crippen molar-refractivity contribution in [3.8, 4) is 11.5 Å². The fourth-order valence-electron chi connectivity index (χ4n) is 4.16. The molecule has 0 amide bonds. The first kappa shape index (κ1) is 20.7. The smallest absolute Gasteiger partial charge is 0.254 e. The molecule has 0 bridgehead atoms. The molecule has 0 spiro atoms. The summed E-state index contributed by atoms with van der Waals surface area (Å²) in [6.45, 7) is 2.51. The Bertz CT molecular complexity index is 1240. The van der Waals surface area contributed by atoms with Gasteiger partial charge in [-0.2, -0.15) is 0 Å². The number of hydrogen-bond acceptors (Lipinski definition) is 3. The predicted octanol–water partition coefficient (Wildman–Crippen LogP) is 5.16. The normalized spacial score (nSPS) is 10.9. The summed E-state index contributed by atoms with van der Waals surface area (Å²) in [5.74, 6) is 1.39. The number of rotatable bonds is 7. The zero-order chi connectivity index (χ0) is 21.8. The van der Waals surface area contributed by atoms with Gasteiger partial charge in [0.15, 0.2) is 0 Å². The van der Waals surface area contributed by atoms with E-state index >= 15 is 0 Å². The third kappa shape index (κ3) is 4.19. The van der Waals surface area contributed by atoms with Crippen LogP contribution < -0.4 is 15.0 Å². The van der Waals surface area contributed by atoms with Crippen molar-refractivity contribution in [1.29, 1.82) is 0 Å². The number of nitrogens with zero attached hydrogens (tertiary/aromatic N) is 1. The van der Waals surface area contributed by atoms with Gasteiger partial charge < -0.3 is 14.0 Å². The number of aromatic nitrogens is 1. The number of aryl methyl sites for hydroxylation is 2. The van der Waals surface area contributed by atoms with Crippen LogP contribution in [0.25, 0.3) is 10.9 Å². The average molecular weight is 414 g/mol. The Hall–Kier alpha value is -3.53. The van der Waals surface area contributed by atoms with Crippen molar-refractivity contribution in [1.82, 2.24) is 4.57 Å². The van der Waals surface area contributed by atoms with Gasteiger partial charge in [-0.1, -0.05) is 60.7 Å². The van der Waals surface area contributed by atoms with Gasteiger partial charge in [-0.25, -0.2) is 0 Å². The van der Waals surface area contributed by atoms with Crippen molar-refractivity contribution in [2.75, 3.05) is 14.2 Å². The first-order valence-electron chi connectivity index (χ1n) is 10.5. The maximum atomic E-state index is 13.7. The third-order valence-corrected chi connectivity index (χ3v) is 5.82. The molecule has 4 aromatic rings. The summed E-state index contributed by atoms with van der Waals surface area (Å²) >= 11 is 0. The summed E-state index contributed by atoms with van der Waals surface area (Å²) in [6.07, 6.45) is 1.49. The van der Waals surface area contributed by atoms with Crippen molar-refractivity contribution in [3.05, 3.63) is 105 Å². The number of pyridine rings is 1. The minimum Gasteiger partial charge on any atom is -0.497 e. The molecule has 3 aromatic carbocycles. The van der Waals surface area contributed by atoms with Gasteiger partial charge in [0.25, 0.3) is 5.56 Å². The average Bonchev–Trinajstić information content (AvgIpc) is 2.82. The summed E-state index contributed by atoms with van der Waals surface area (Å²) in [6, 6.07) is 24.1. The van der Waals surface area contributed by atoms with E-state index in [4.69, 9.17) is 9.47 Å². The third-order valence-electron chi connectivity index (χ3n) is 5.82. The Morgan fingerprint density at radius 1 is 0.806 bits per heavy atom. The maximum absolute atomic E-state index is 13.7. The molecule has 0 saturated carbocycles. The van der Waals surface area contributed by atoms with E-state index in [0.29, 0.717) is 18.7 Å². The van der Waals surface area contributed by atoms with E-state index in [1.807, 2.05) is 72.2 Å². The summed E-state index contributed by atoms with van der Waals surface area (Å²) < 4.78 is 13.1. The Labute approximate surface area is 182 Å². The van der Waals surface area contributed by atoms with Gasteiger partial charge in [-0.15, -0.1) is 0 Å². The number of benzene rings is 3. The van der Waals surface area contributed by atoms with Crippen LogP contribution >= 0.6 is 0 Å². The highest BCUT2D eigenvalue weighted by Crippen LogP contribution is 2.34. The molecule has 1 heterocycles. The van der Waals surface area contributed by atoms with E-state index in [2.05, 4.69) is 12.1 Å². The van der Waals surface area contributed by atoms with Crippen LogP contribution in [0.2, 0.25) is 0 Å². The zero-order valence-electron chi connectivity index (χ0n) is 18.2. The standard InChI is InChI=1S/C27H27NO3/c1-19-23(15-14-20-10-6-4-7-11-20)27(29)28(18-21-12-8-5-9-13-21)24-16-22(30-2)17-25(31-3)26(19)24/h4-13,16-17H,14-15,18H2,1-3H3. The second-order valence-corrected chi connectivity index (χ2v) is 7.69. The minimum atomic E-state index is 0.0418. The molecule has 0 N–H and O–H groups in total. The van der Waals surface area contributed by atoms with Crippen molar-refractivity contribution in [2.45, 2.75) is 26.3 Å². The largest absolute Gasteiger partial charge is 0.497 e. The zero-order valence-corrected chi connectivity index (χ0v) is 18.2. The lowest BCUT2D eigenvalue weighted by Gasteiger charge is -2.19. The molecule has 4 heteroatoms. The van der Waals surface area contributed by atoms with Crippen LogP contribution in [0.1, 0.15) is 22.3 Å². The van der Waals surface area contributed by atoms with Crippen molar-refractivity contribution >= 4 is 10.9 Å². The molecular formula is C27H27NO3. The lowest BCUT2D eigenvalue weighted by atomic mass is 9.97. The Kier molecular flexibility index (Phi) is 6.08. The molecule has 0 atom stereocenters. The van der Waals surface area contributed by atoms with Crippen LogP contribution in [0.3, 0.4) is 0 Å². The number of fused-ring (bicyclic) bond motifs is 1. The van der Waals surface area contributed by atoms with Gasteiger partial charge in [0.05, 0.1) is 26.3 Å². The highest BCUT2D eigenvalue weighted by Gasteiger charge is 2.19. The van der Waals surface area contributed by atoms with Gasteiger partial charge in [0, 0.05) is 23.1 Å². The predicted molar refractivity (Wildman–Crippen MR) is 125 cm³/mol. The van der Waals surface area contributed by atoms with E-state index in [1.165, 1.54) is 5.56 Å². The van der Waals surface area contributed by atoms with Crippen molar-refractivity contribution in [3.63, 3.8) is 0 Å². The highest BCUT2D eigenvalue weighted by atomic mass is 16.5. The number of hydrogen-bond donors (Lipinski definition) is 0. The SMILES string of the molecule is COc1cc(OC)c2c(C)c(CCc3ccccc3)c(=O)n(Cc3ccccc3)c2c1. The molecular weight excluding hydrogens is 386 g/mol. The molecule has 0 aliphatic carbocycles. The number of ether oxygens (including phenoxy) is 2. The van der Waals surface area contributed by atoms with Gasteiger partial charge >= 0.3 is 0 Å². The van der Waals surface area contributed by atoms with Gasteiger partial charge in [-0.3, -0.25) is 4.79 Å². The second kappa shape index (κ2) is 9.09. The van der Waals surface area contributed by atoms with Crippen LogP contribution in [0, 0.1) is 6.92 Å². The summed E-state index contributed by atoms with van der Waals surface area (Å²) in [5.41, 5.74) is 4.96. The lowest BCUT2D eigenvalue weighted by molar-refractivity contribution is 0.397. The first-order chi connectivity index (χ1) is 15.1. The summed E-state index contributed by atoms with van der Waals surface area (Å²) in [5, 5.41) is 0.960. The summed E-state index contributed by atoms with van der Waals surface area (Å²) in [4.78, 5) is 13.7. The molecule has 158 valence electrons. The van der Waals surface area contributed by atoms with Gasteiger partial charge in [0.1, 0.15) is 11.5 Å². The fraction of sp³-hybridized carbons (Fsp3) is 0.222. The lowest BCUT2D eigenvalue weighted by Crippen LogP contribution is -2.26. The monoisotopic (exact) mass is 413 g/mol. The molecule has 31 heavy (non-hydrogen) atoms. The van der Waals surface area contributed by atoms with E-state index in [1.54, 1.807) is 14.2 Å². The first-order valence-corrected chi connectivity index (χ1v) is 10.5. The van der Waals surface area contributed by atoms with Crippen LogP contribution in [0.4, 0.5) is 0 Å². The van der Waals surface area contributed by atoms with E-state index in [9.17, 15) is 4.79 Å². The van der Waals surface area contributed by atoms with Crippen LogP contribution in [0.5, 0.6) is 11.5 Å².